The monoisotopic (exact) mass is 300 g/mol. The zero-order valence-corrected chi connectivity index (χ0v) is 9.60. The number of hydrogen-bond donors (Lipinski definition) is 0. The van der Waals surface area contributed by atoms with Gasteiger partial charge in [0.2, 0.25) is 0 Å². The quantitative estimate of drug-likeness (QED) is 0.810. The van der Waals surface area contributed by atoms with Gasteiger partial charge in [0.25, 0.3) is 0 Å². The second-order valence-electron chi connectivity index (χ2n) is 2.83. The molecule has 14 heavy (non-hydrogen) atoms. The first-order valence-electron chi connectivity index (χ1n) is 4.25. The average molecular weight is 300 g/mol. The fourth-order valence-electron chi connectivity index (χ4n) is 1.11. The summed E-state index contributed by atoms with van der Waals surface area (Å²) >= 11 is 2.26. The molecule has 3 heteroatoms. The topological polar surface area (TPSA) is 22.4 Å². The van der Waals surface area contributed by atoms with E-state index in [0.29, 0.717) is 6.61 Å². The van der Waals surface area contributed by atoms with Crippen LogP contribution in [-0.4, -0.2) is 0 Å². The summed E-state index contributed by atoms with van der Waals surface area (Å²) in [4.78, 5) is 0. The van der Waals surface area contributed by atoms with E-state index in [1.807, 2.05) is 36.4 Å². The Morgan fingerprint density at radius 1 is 1.21 bits per heavy atom. The highest BCUT2D eigenvalue weighted by Gasteiger charge is 1.97. The highest BCUT2D eigenvalue weighted by atomic mass is 127. The molecule has 0 aliphatic carbocycles. The molecule has 0 aliphatic rings. The summed E-state index contributed by atoms with van der Waals surface area (Å²) in [6, 6.07) is 11.7. The van der Waals surface area contributed by atoms with Crippen LogP contribution in [0.5, 0.6) is 5.75 Å². The Morgan fingerprint density at radius 2 is 2.14 bits per heavy atom. The summed E-state index contributed by atoms with van der Waals surface area (Å²) in [7, 11) is 0. The van der Waals surface area contributed by atoms with E-state index < -0.39 is 0 Å². The number of rotatable bonds is 3. The Hall–Kier alpha value is -0.970. The molecule has 1 heterocycles. The molecule has 1 aromatic carbocycles. The summed E-state index contributed by atoms with van der Waals surface area (Å²) < 4.78 is 11.9. The fourth-order valence-corrected chi connectivity index (χ4v) is 1.62. The van der Waals surface area contributed by atoms with E-state index in [-0.39, 0.29) is 0 Å². The van der Waals surface area contributed by atoms with Crippen molar-refractivity contribution in [2.75, 3.05) is 0 Å². The van der Waals surface area contributed by atoms with Crippen LogP contribution in [0.15, 0.2) is 47.1 Å². The number of ether oxygens (including phenoxy) is 1. The maximum absolute atomic E-state index is 5.53. The van der Waals surface area contributed by atoms with Gasteiger partial charge in [-0.3, -0.25) is 0 Å². The molecule has 72 valence electrons. The summed E-state index contributed by atoms with van der Waals surface area (Å²) in [6.45, 7) is 0.479. The predicted molar refractivity (Wildman–Crippen MR) is 62.2 cm³/mol. The first-order valence-corrected chi connectivity index (χ1v) is 5.33. The van der Waals surface area contributed by atoms with Crippen LogP contribution < -0.4 is 4.74 Å². The Kier molecular flexibility index (Phi) is 3.08. The highest BCUT2D eigenvalue weighted by molar-refractivity contribution is 14.1. The van der Waals surface area contributed by atoms with Crippen LogP contribution in [0, 0.1) is 3.57 Å². The van der Waals surface area contributed by atoms with E-state index in [0.717, 1.165) is 11.5 Å². The molecule has 0 amide bonds. The first-order chi connectivity index (χ1) is 6.84. The average Bonchev–Trinajstić information content (AvgIpc) is 2.67. The number of benzene rings is 1. The SMILES string of the molecule is Ic1cccc(OCc2ccco2)c1. The molecular formula is C11H9IO2. The largest absolute Gasteiger partial charge is 0.486 e. The Balaban J connectivity index is 1.98. The Morgan fingerprint density at radius 3 is 2.86 bits per heavy atom. The van der Waals surface area contributed by atoms with Crippen molar-refractivity contribution in [2.24, 2.45) is 0 Å². The van der Waals surface area contributed by atoms with Gasteiger partial charge in [0.15, 0.2) is 0 Å². The zero-order chi connectivity index (χ0) is 9.80. The number of hydrogen-bond acceptors (Lipinski definition) is 2. The van der Waals surface area contributed by atoms with E-state index in [9.17, 15) is 0 Å². The van der Waals surface area contributed by atoms with Gasteiger partial charge in [-0.2, -0.15) is 0 Å². The van der Waals surface area contributed by atoms with E-state index in [1.54, 1.807) is 6.26 Å². The molecule has 0 radical (unpaired) electrons. The minimum Gasteiger partial charge on any atom is -0.486 e. The lowest BCUT2D eigenvalue weighted by atomic mass is 10.3. The molecule has 1 aromatic heterocycles. The smallest absolute Gasteiger partial charge is 0.146 e. The van der Waals surface area contributed by atoms with Crippen LogP contribution in [0.3, 0.4) is 0 Å². The third-order valence-corrected chi connectivity index (χ3v) is 2.43. The van der Waals surface area contributed by atoms with E-state index in [2.05, 4.69) is 22.6 Å². The van der Waals surface area contributed by atoms with Crippen molar-refractivity contribution >= 4 is 22.6 Å². The molecule has 0 atom stereocenters. The van der Waals surface area contributed by atoms with Crippen LogP contribution in [0.4, 0.5) is 0 Å². The zero-order valence-electron chi connectivity index (χ0n) is 7.44. The molecule has 2 nitrogen and oxygen atoms in total. The Labute approximate surface area is 96.0 Å². The second-order valence-corrected chi connectivity index (χ2v) is 4.07. The van der Waals surface area contributed by atoms with Gasteiger partial charge in [0, 0.05) is 3.57 Å². The van der Waals surface area contributed by atoms with Crippen molar-refractivity contribution in [3.63, 3.8) is 0 Å². The van der Waals surface area contributed by atoms with Crippen molar-refractivity contribution in [3.05, 3.63) is 52.0 Å². The van der Waals surface area contributed by atoms with Gasteiger partial charge in [-0.15, -0.1) is 0 Å². The van der Waals surface area contributed by atoms with Crippen molar-refractivity contribution in [1.82, 2.24) is 0 Å². The normalized spacial score (nSPS) is 10.1. The third-order valence-electron chi connectivity index (χ3n) is 1.76. The standard InChI is InChI=1S/C11H9IO2/c12-9-3-1-4-10(7-9)14-8-11-5-2-6-13-11/h1-7H,8H2. The molecule has 2 aromatic rings. The van der Waals surface area contributed by atoms with Gasteiger partial charge >= 0.3 is 0 Å². The summed E-state index contributed by atoms with van der Waals surface area (Å²) in [5, 5.41) is 0. The predicted octanol–water partition coefficient (Wildman–Crippen LogP) is 3.46. The van der Waals surface area contributed by atoms with Gasteiger partial charge in [-0.05, 0) is 52.9 Å². The molecule has 0 unspecified atom stereocenters. The van der Waals surface area contributed by atoms with E-state index >= 15 is 0 Å². The van der Waals surface area contributed by atoms with E-state index in [4.69, 9.17) is 9.15 Å². The molecule has 0 N–H and O–H groups in total. The molecule has 0 fully saturated rings. The van der Waals surface area contributed by atoms with Crippen LogP contribution in [0.2, 0.25) is 0 Å². The number of furan rings is 1. The van der Waals surface area contributed by atoms with E-state index in [1.165, 1.54) is 3.57 Å². The van der Waals surface area contributed by atoms with Crippen LogP contribution in [-0.2, 0) is 6.61 Å². The molecule has 2 rings (SSSR count). The highest BCUT2D eigenvalue weighted by Crippen LogP contribution is 2.16. The van der Waals surface area contributed by atoms with Crippen LogP contribution >= 0.6 is 22.6 Å². The molecule has 0 saturated carbocycles. The van der Waals surface area contributed by atoms with Gasteiger partial charge in [0.05, 0.1) is 6.26 Å². The van der Waals surface area contributed by atoms with Crippen molar-refractivity contribution in [3.8, 4) is 5.75 Å². The lowest BCUT2D eigenvalue weighted by Crippen LogP contribution is -1.93. The second kappa shape index (κ2) is 4.50. The summed E-state index contributed by atoms with van der Waals surface area (Å²) in [5.41, 5.74) is 0. The third kappa shape index (κ3) is 2.51. The molecule has 0 spiro atoms. The van der Waals surface area contributed by atoms with Gasteiger partial charge in [0.1, 0.15) is 18.1 Å². The van der Waals surface area contributed by atoms with Crippen LogP contribution in [0.1, 0.15) is 5.76 Å². The van der Waals surface area contributed by atoms with Crippen LogP contribution in [0.25, 0.3) is 0 Å². The van der Waals surface area contributed by atoms with Crippen molar-refractivity contribution in [1.29, 1.82) is 0 Å². The minimum absolute atomic E-state index is 0.479. The van der Waals surface area contributed by atoms with Gasteiger partial charge < -0.3 is 9.15 Å². The summed E-state index contributed by atoms with van der Waals surface area (Å²) in [6.07, 6.45) is 1.65. The maximum Gasteiger partial charge on any atom is 0.146 e. The molecule has 0 aliphatic heterocycles. The maximum atomic E-state index is 5.53. The molecule has 0 bridgehead atoms. The van der Waals surface area contributed by atoms with Gasteiger partial charge in [-0.25, -0.2) is 0 Å². The lowest BCUT2D eigenvalue weighted by Gasteiger charge is -2.03. The Bertz CT molecular complexity index is 395. The fraction of sp³-hybridized carbons (Fsp3) is 0.0909. The first kappa shape index (κ1) is 9.58. The molecular weight excluding hydrogens is 291 g/mol. The van der Waals surface area contributed by atoms with Gasteiger partial charge in [-0.1, -0.05) is 6.07 Å². The summed E-state index contributed by atoms with van der Waals surface area (Å²) in [5.74, 6) is 1.71. The van der Waals surface area contributed by atoms with Crippen molar-refractivity contribution < 1.29 is 9.15 Å². The molecule has 0 saturated heterocycles. The minimum atomic E-state index is 0.479. The number of halogens is 1. The lowest BCUT2D eigenvalue weighted by molar-refractivity contribution is 0.270. The van der Waals surface area contributed by atoms with Crippen molar-refractivity contribution in [2.45, 2.75) is 6.61 Å².